The van der Waals surface area contributed by atoms with Gasteiger partial charge in [0.25, 0.3) is 0 Å². The lowest BCUT2D eigenvalue weighted by Gasteiger charge is -2.34. The molecule has 0 radical (unpaired) electrons. The second-order valence-electron chi connectivity index (χ2n) is 8.24. The summed E-state index contributed by atoms with van der Waals surface area (Å²) in [5.74, 6) is -0.449. The number of hydrogen-bond acceptors (Lipinski definition) is 4. The van der Waals surface area contributed by atoms with Gasteiger partial charge in [-0.3, -0.25) is 19.4 Å². The molecule has 0 unspecified atom stereocenters. The van der Waals surface area contributed by atoms with E-state index in [2.05, 4.69) is 52.5 Å². The largest absolute Gasteiger partial charge is 0.348 e. The van der Waals surface area contributed by atoms with Crippen molar-refractivity contribution in [1.82, 2.24) is 15.1 Å². The lowest BCUT2D eigenvalue weighted by Crippen LogP contribution is -2.51. The summed E-state index contributed by atoms with van der Waals surface area (Å²) in [6.45, 7) is 9.69. The van der Waals surface area contributed by atoms with Gasteiger partial charge in [-0.05, 0) is 61.7 Å². The van der Waals surface area contributed by atoms with Crippen molar-refractivity contribution in [1.29, 1.82) is 0 Å². The summed E-state index contributed by atoms with van der Waals surface area (Å²) in [7, 11) is 0. The molecule has 2 N–H and O–H groups in total. The molecule has 0 saturated carbocycles. The Bertz CT molecular complexity index is 908. The summed E-state index contributed by atoms with van der Waals surface area (Å²) >= 11 is 0. The highest BCUT2D eigenvalue weighted by atomic mass is 19.1. The summed E-state index contributed by atoms with van der Waals surface area (Å²) < 4.78 is 13.0. The van der Waals surface area contributed by atoms with Crippen LogP contribution in [0.25, 0.3) is 0 Å². The fourth-order valence-electron chi connectivity index (χ4n) is 3.65. The monoisotopic (exact) mass is 426 g/mol. The minimum absolute atomic E-state index is 0.00762. The smallest absolute Gasteiger partial charge is 0.238 e. The van der Waals surface area contributed by atoms with Gasteiger partial charge in [-0.15, -0.1) is 0 Å². The zero-order chi connectivity index (χ0) is 22.4. The maximum absolute atomic E-state index is 13.0. The molecule has 7 heteroatoms. The molecule has 0 bridgehead atoms. The number of anilines is 1. The number of nitrogens with one attached hydrogen (secondary N) is 2. The van der Waals surface area contributed by atoms with Gasteiger partial charge in [0.15, 0.2) is 0 Å². The Labute approximate surface area is 183 Å². The first-order valence-corrected chi connectivity index (χ1v) is 10.7. The first-order chi connectivity index (χ1) is 14.8. The molecule has 1 aliphatic rings. The van der Waals surface area contributed by atoms with Gasteiger partial charge in [0.1, 0.15) is 5.82 Å². The fourth-order valence-corrected chi connectivity index (χ4v) is 3.65. The average molecular weight is 427 g/mol. The Kier molecular flexibility index (Phi) is 7.76. The van der Waals surface area contributed by atoms with Crippen LogP contribution in [0.3, 0.4) is 0 Å². The highest BCUT2D eigenvalue weighted by molar-refractivity contribution is 5.92. The number of nitrogens with zero attached hydrogens (tertiary/aromatic N) is 2. The number of aryl methyl sites for hydroxylation is 2. The lowest BCUT2D eigenvalue weighted by molar-refractivity contribution is -0.124. The van der Waals surface area contributed by atoms with Crippen LogP contribution in [-0.2, 0) is 9.59 Å². The van der Waals surface area contributed by atoms with Crippen LogP contribution in [0.1, 0.15) is 29.7 Å². The van der Waals surface area contributed by atoms with Crippen LogP contribution in [-0.4, -0.2) is 60.9 Å². The van der Waals surface area contributed by atoms with E-state index in [1.54, 1.807) is 12.1 Å². The van der Waals surface area contributed by atoms with Gasteiger partial charge in [0.2, 0.25) is 11.8 Å². The van der Waals surface area contributed by atoms with Crippen molar-refractivity contribution in [2.24, 2.45) is 0 Å². The first-order valence-electron chi connectivity index (χ1n) is 10.7. The van der Waals surface area contributed by atoms with Gasteiger partial charge in [-0.1, -0.05) is 18.2 Å². The van der Waals surface area contributed by atoms with E-state index in [-0.39, 0.29) is 30.2 Å². The highest BCUT2D eigenvalue weighted by Crippen LogP contribution is 2.17. The van der Waals surface area contributed by atoms with Gasteiger partial charge >= 0.3 is 0 Å². The zero-order valence-corrected chi connectivity index (χ0v) is 18.5. The molecule has 166 valence electrons. The van der Waals surface area contributed by atoms with Crippen molar-refractivity contribution >= 4 is 17.5 Å². The van der Waals surface area contributed by atoms with Crippen molar-refractivity contribution in [3.63, 3.8) is 0 Å². The van der Waals surface area contributed by atoms with Gasteiger partial charge in [-0.2, -0.15) is 0 Å². The minimum Gasteiger partial charge on any atom is -0.348 e. The Morgan fingerprint density at radius 2 is 1.48 bits per heavy atom. The molecule has 6 nitrogen and oxygen atoms in total. The van der Waals surface area contributed by atoms with E-state index in [4.69, 9.17) is 0 Å². The number of carbonyl (C=O) groups is 2. The third-order valence-electron chi connectivity index (χ3n) is 5.74. The van der Waals surface area contributed by atoms with Crippen LogP contribution in [0.5, 0.6) is 0 Å². The van der Waals surface area contributed by atoms with Gasteiger partial charge in [0, 0.05) is 31.9 Å². The normalized spacial score (nSPS) is 16.0. The van der Waals surface area contributed by atoms with Crippen molar-refractivity contribution in [2.45, 2.75) is 26.8 Å². The summed E-state index contributed by atoms with van der Waals surface area (Å²) in [5, 5.41) is 5.86. The Morgan fingerprint density at radius 1 is 0.903 bits per heavy atom. The molecular formula is C24H31FN4O2. The minimum atomic E-state index is -0.332. The van der Waals surface area contributed by atoms with Crippen LogP contribution in [0.2, 0.25) is 0 Å². The van der Waals surface area contributed by atoms with E-state index in [1.165, 1.54) is 23.3 Å². The van der Waals surface area contributed by atoms with Crippen molar-refractivity contribution in [3.05, 3.63) is 65.0 Å². The number of amides is 2. The maximum Gasteiger partial charge on any atom is 0.238 e. The summed E-state index contributed by atoms with van der Waals surface area (Å²) in [6.07, 6.45) is 0. The predicted octanol–water partition coefficient (Wildman–Crippen LogP) is 2.88. The fraction of sp³-hybridized carbons (Fsp3) is 0.417. The van der Waals surface area contributed by atoms with E-state index in [1.807, 2.05) is 6.92 Å². The molecule has 0 aromatic heterocycles. The molecule has 2 amide bonds. The van der Waals surface area contributed by atoms with Gasteiger partial charge in [0.05, 0.1) is 19.1 Å². The third-order valence-corrected chi connectivity index (χ3v) is 5.74. The topological polar surface area (TPSA) is 64.7 Å². The molecular weight excluding hydrogens is 395 g/mol. The Morgan fingerprint density at radius 3 is 2.06 bits per heavy atom. The molecule has 2 aromatic carbocycles. The number of rotatable bonds is 7. The van der Waals surface area contributed by atoms with E-state index in [0.717, 1.165) is 31.7 Å². The van der Waals surface area contributed by atoms with Gasteiger partial charge < -0.3 is 10.6 Å². The van der Waals surface area contributed by atoms with E-state index in [9.17, 15) is 14.0 Å². The molecule has 1 fully saturated rings. The molecule has 1 atom stereocenters. The predicted molar refractivity (Wildman–Crippen MR) is 120 cm³/mol. The summed E-state index contributed by atoms with van der Waals surface area (Å²) in [4.78, 5) is 28.8. The van der Waals surface area contributed by atoms with Crippen molar-refractivity contribution in [2.75, 3.05) is 44.6 Å². The number of hydrogen-bond donors (Lipinski definition) is 2. The second-order valence-corrected chi connectivity index (χ2v) is 8.24. The second kappa shape index (κ2) is 10.5. The SMILES string of the molecule is Cc1ccc([C@H](C)NC(=O)CN2CCN(CC(=O)Nc3ccc(F)cc3)CC2)cc1C. The van der Waals surface area contributed by atoms with E-state index < -0.39 is 0 Å². The molecule has 1 aliphatic heterocycles. The van der Waals surface area contributed by atoms with Crippen LogP contribution >= 0.6 is 0 Å². The lowest BCUT2D eigenvalue weighted by atomic mass is 10.0. The summed E-state index contributed by atoms with van der Waals surface area (Å²) in [6, 6.07) is 12.0. The highest BCUT2D eigenvalue weighted by Gasteiger charge is 2.21. The molecule has 2 aromatic rings. The molecule has 0 aliphatic carbocycles. The summed E-state index contributed by atoms with van der Waals surface area (Å²) in [5.41, 5.74) is 4.15. The average Bonchev–Trinajstić information content (AvgIpc) is 2.73. The van der Waals surface area contributed by atoms with Crippen molar-refractivity contribution in [3.8, 4) is 0 Å². The number of carbonyl (C=O) groups excluding carboxylic acids is 2. The number of halogens is 1. The Balaban J connectivity index is 1.39. The molecule has 3 rings (SSSR count). The number of piperazine rings is 1. The molecule has 31 heavy (non-hydrogen) atoms. The third kappa shape index (κ3) is 6.87. The molecule has 1 saturated heterocycles. The Hall–Kier alpha value is -2.77. The van der Waals surface area contributed by atoms with E-state index >= 15 is 0 Å². The van der Waals surface area contributed by atoms with Crippen LogP contribution < -0.4 is 10.6 Å². The van der Waals surface area contributed by atoms with Crippen LogP contribution in [0.15, 0.2) is 42.5 Å². The van der Waals surface area contributed by atoms with Crippen molar-refractivity contribution < 1.29 is 14.0 Å². The van der Waals surface area contributed by atoms with Crippen LogP contribution in [0, 0.1) is 19.7 Å². The molecule has 1 heterocycles. The standard InChI is InChI=1S/C24H31FN4O2/c1-17-4-5-20(14-18(17)2)19(3)26-23(30)15-28-10-12-29(13-11-28)16-24(31)27-22-8-6-21(25)7-9-22/h4-9,14,19H,10-13,15-16H2,1-3H3,(H,26,30)(H,27,31)/t19-/m0/s1. The quantitative estimate of drug-likeness (QED) is 0.715. The van der Waals surface area contributed by atoms with E-state index in [0.29, 0.717) is 12.2 Å². The maximum atomic E-state index is 13.0. The first kappa shape index (κ1) is 22.9. The number of benzene rings is 2. The van der Waals surface area contributed by atoms with Crippen LogP contribution in [0.4, 0.5) is 10.1 Å². The molecule has 0 spiro atoms. The van der Waals surface area contributed by atoms with Gasteiger partial charge in [-0.25, -0.2) is 4.39 Å². The zero-order valence-electron chi connectivity index (χ0n) is 18.5.